The number of guanidine groups is 1. The number of hydrogen-bond donors (Lipinski definition) is 2. The highest BCUT2D eigenvalue weighted by Gasteiger charge is 2.05. The lowest BCUT2D eigenvalue weighted by molar-refractivity contribution is 0.145. The summed E-state index contributed by atoms with van der Waals surface area (Å²) in [6.07, 6.45) is 1.02. The molecule has 1 atom stereocenters. The first-order valence-electron chi connectivity index (χ1n) is 7.91. The Morgan fingerprint density at radius 2 is 1.95 bits per heavy atom. The van der Waals surface area contributed by atoms with Crippen LogP contribution >= 0.6 is 0 Å². The Bertz CT molecular complexity index is 432. The Hall–Kier alpha value is -1.75. The van der Waals surface area contributed by atoms with Crippen LogP contribution < -0.4 is 15.4 Å². The minimum absolute atomic E-state index is 0.0599. The molecule has 1 rings (SSSR count). The van der Waals surface area contributed by atoms with E-state index >= 15 is 0 Å². The second kappa shape index (κ2) is 10.9. The number of nitrogens with zero attached hydrogens (tertiary/aromatic N) is 1. The fourth-order valence-corrected chi connectivity index (χ4v) is 1.88. The molecule has 0 aliphatic carbocycles. The summed E-state index contributed by atoms with van der Waals surface area (Å²) in [4.78, 5) is 4.19. The van der Waals surface area contributed by atoms with Crippen LogP contribution in [0.3, 0.4) is 0 Å². The molecule has 5 heteroatoms. The van der Waals surface area contributed by atoms with Crippen molar-refractivity contribution in [3.05, 3.63) is 29.8 Å². The van der Waals surface area contributed by atoms with Crippen LogP contribution in [0.15, 0.2) is 29.3 Å². The normalized spacial score (nSPS) is 12.8. The summed E-state index contributed by atoms with van der Waals surface area (Å²) >= 11 is 0. The molecular weight excluding hydrogens is 278 g/mol. The third-order valence-electron chi connectivity index (χ3n) is 3.10. The molecule has 1 aromatic rings. The molecule has 1 unspecified atom stereocenters. The third-order valence-corrected chi connectivity index (χ3v) is 3.10. The van der Waals surface area contributed by atoms with E-state index in [0.29, 0.717) is 6.54 Å². The Balaban J connectivity index is 2.23. The number of nitrogens with one attached hydrogen (secondary N) is 2. The maximum Gasteiger partial charge on any atom is 0.191 e. The van der Waals surface area contributed by atoms with E-state index in [0.717, 1.165) is 37.9 Å². The lowest BCUT2D eigenvalue weighted by atomic mass is 10.2. The van der Waals surface area contributed by atoms with Crippen LogP contribution in [0.1, 0.15) is 25.8 Å². The average Bonchev–Trinajstić information content (AvgIpc) is 2.52. The predicted octanol–water partition coefficient (Wildman–Crippen LogP) is 2.35. The molecule has 0 aliphatic rings. The molecule has 0 fully saturated rings. The third kappa shape index (κ3) is 7.88. The molecule has 0 heterocycles. The quantitative estimate of drug-likeness (QED) is 0.418. The zero-order valence-corrected chi connectivity index (χ0v) is 14.2. The van der Waals surface area contributed by atoms with E-state index < -0.39 is 0 Å². The molecule has 0 saturated carbocycles. The van der Waals surface area contributed by atoms with Crippen molar-refractivity contribution < 1.29 is 9.47 Å². The predicted molar refractivity (Wildman–Crippen MR) is 91.7 cm³/mol. The second-order valence-corrected chi connectivity index (χ2v) is 5.17. The van der Waals surface area contributed by atoms with Gasteiger partial charge in [-0.2, -0.15) is 0 Å². The van der Waals surface area contributed by atoms with Gasteiger partial charge < -0.3 is 20.1 Å². The van der Waals surface area contributed by atoms with Crippen LogP contribution in [0.2, 0.25) is 0 Å². The molecule has 0 aromatic heterocycles. The smallest absolute Gasteiger partial charge is 0.191 e. The van der Waals surface area contributed by atoms with Gasteiger partial charge in [-0.15, -0.1) is 0 Å². The second-order valence-electron chi connectivity index (χ2n) is 5.17. The van der Waals surface area contributed by atoms with Gasteiger partial charge in [-0.25, -0.2) is 0 Å². The van der Waals surface area contributed by atoms with Gasteiger partial charge in [0.2, 0.25) is 0 Å². The van der Waals surface area contributed by atoms with E-state index in [9.17, 15) is 0 Å². The summed E-state index contributed by atoms with van der Waals surface area (Å²) < 4.78 is 11.2. The first kappa shape index (κ1) is 18.3. The van der Waals surface area contributed by atoms with E-state index in [1.54, 1.807) is 7.05 Å². The fourth-order valence-electron chi connectivity index (χ4n) is 1.88. The van der Waals surface area contributed by atoms with Crippen LogP contribution in [0.4, 0.5) is 0 Å². The van der Waals surface area contributed by atoms with Gasteiger partial charge in [0.25, 0.3) is 0 Å². The topological polar surface area (TPSA) is 54.9 Å². The number of aryl methyl sites for hydroxylation is 1. The summed E-state index contributed by atoms with van der Waals surface area (Å²) in [6.45, 7) is 9.18. The zero-order chi connectivity index (χ0) is 16.2. The van der Waals surface area contributed by atoms with E-state index in [-0.39, 0.29) is 6.10 Å². The number of aliphatic imine (C=N–C) groups is 1. The van der Waals surface area contributed by atoms with Gasteiger partial charge >= 0.3 is 0 Å². The highest BCUT2D eigenvalue weighted by molar-refractivity contribution is 5.79. The van der Waals surface area contributed by atoms with Gasteiger partial charge in [0.05, 0.1) is 6.54 Å². The van der Waals surface area contributed by atoms with Crippen LogP contribution in [0.25, 0.3) is 0 Å². The van der Waals surface area contributed by atoms with Crippen molar-refractivity contribution in [1.82, 2.24) is 10.6 Å². The van der Waals surface area contributed by atoms with Crippen molar-refractivity contribution in [3.8, 4) is 5.75 Å². The number of hydrogen-bond acceptors (Lipinski definition) is 3. The summed E-state index contributed by atoms with van der Waals surface area (Å²) in [5, 5.41) is 6.52. The van der Waals surface area contributed by atoms with Crippen LogP contribution in [-0.2, 0) is 4.74 Å². The van der Waals surface area contributed by atoms with Crippen molar-refractivity contribution in [1.29, 1.82) is 0 Å². The van der Waals surface area contributed by atoms with Gasteiger partial charge in [0, 0.05) is 26.8 Å². The number of ether oxygens (including phenoxy) is 2. The monoisotopic (exact) mass is 307 g/mol. The molecule has 0 spiro atoms. The fraction of sp³-hybridized carbons (Fsp3) is 0.588. The number of benzene rings is 1. The molecule has 22 heavy (non-hydrogen) atoms. The molecular formula is C17H29N3O2. The van der Waals surface area contributed by atoms with Gasteiger partial charge in [-0.1, -0.05) is 17.7 Å². The van der Waals surface area contributed by atoms with E-state index in [1.807, 2.05) is 38.1 Å². The van der Waals surface area contributed by atoms with Crippen molar-refractivity contribution >= 4 is 5.96 Å². The summed E-state index contributed by atoms with van der Waals surface area (Å²) in [7, 11) is 1.77. The van der Waals surface area contributed by atoms with Crippen LogP contribution in [0, 0.1) is 6.92 Å². The zero-order valence-electron chi connectivity index (χ0n) is 14.2. The maximum atomic E-state index is 5.86. The molecule has 5 nitrogen and oxygen atoms in total. The van der Waals surface area contributed by atoms with Crippen LogP contribution in [-0.4, -0.2) is 45.4 Å². The van der Waals surface area contributed by atoms with Crippen molar-refractivity contribution in [2.24, 2.45) is 4.99 Å². The van der Waals surface area contributed by atoms with Gasteiger partial charge in [0.1, 0.15) is 11.9 Å². The SMILES string of the molecule is CCOCCCNC(=NC)NCC(C)Oc1ccc(C)cc1. The standard InChI is InChI=1S/C17H29N3O2/c1-5-21-12-6-11-19-17(18-4)20-13-15(3)22-16-9-7-14(2)8-10-16/h7-10,15H,5-6,11-13H2,1-4H3,(H2,18,19,20). The van der Waals surface area contributed by atoms with Crippen molar-refractivity contribution in [2.75, 3.05) is 33.4 Å². The van der Waals surface area contributed by atoms with Crippen LogP contribution in [0.5, 0.6) is 5.75 Å². The van der Waals surface area contributed by atoms with Gasteiger partial charge in [-0.05, 0) is 39.3 Å². The lowest BCUT2D eigenvalue weighted by Crippen LogP contribution is -2.42. The molecule has 0 aliphatic heterocycles. The first-order valence-corrected chi connectivity index (χ1v) is 7.91. The minimum Gasteiger partial charge on any atom is -0.489 e. The van der Waals surface area contributed by atoms with E-state index in [2.05, 4.69) is 22.5 Å². The number of rotatable bonds is 9. The average molecular weight is 307 g/mol. The Morgan fingerprint density at radius 3 is 2.59 bits per heavy atom. The molecule has 0 saturated heterocycles. The van der Waals surface area contributed by atoms with E-state index in [4.69, 9.17) is 9.47 Å². The Morgan fingerprint density at radius 1 is 1.23 bits per heavy atom. The highest BCUT2D eigenvalue weighted by atomic mass is 16.5. The molecule has 0 bridgehead atoms. The lowest BCUT2D eigenvalue weighted by Gasteiger charge is -2.18. The molecule has 1 aromatic carbocycles. The minimum atomic E-state index is 0.0599. The maximum absolute atomic E-state index is 5.86. The highest BCUT2D eigenvalue weighted by Crippen LogP contribution is 2.12. The Labute approximate surface area is 134 Å². The molecule has 2 N–H and O–H groups in total. The van der Waals surface area contributed by atoms with Gasteiger partial charge in [-0.3, -0.25) is 4.99 Å². The van der Waals surface area contributed by atoms with Crippen molar-refractivity contribution in [2.45, 2.75) is 33.3 Å². The summed E-state index contributed by atoms with van der Waals surface area (Å²) in [5.41, 5.74) is 1.23. The molecule has 0 amide bonds. The first-order chi connectivity index (χ1) is 10.7. The summed E-state index contributed by atoms with van der Waals surface area (Å²) in [5.74, 6) is 1.68. The molecule has 0 radical (unpaired) electrons. The van der Waals surface area contributed by atoms with Gasteiger partial charge in [0.15, 0.2) is 5.96 Å². The summed E-state index contributed by atoms with van der Waals surface area (Å²) in [6, 6.07) is 8.09. The Kier molecular flexibility index (Phi) is 9.07. The largest absolute Gasteiger partial charge is 0.489 e. The van der Waals surface area contributed by atoms with Crippen molar-refractivity contribution in [3.63, 3.8) is 0 Å². The van der Waals surface area contributed by atoms with E-state index in [1.165, 1.54) is 5.56 Å². The molecule has 124 valence electrons.